The molecule has 0 saturated carbocycles. The van der Waals surface area contributed by atoms with Gasteiger partial charge < -0.3 is 15.5 Å². The first-order valence-electron chi connectivity index (χ1n) is 9.38. The summed E-state index contributed by atoms with van der Waals surface area (Å²) >= 11 is 1.77. The fourth-order valence-corrected chi connectivity index (χ4v) is 4.11. The highest BCUT2D eigenvalue weighted by atomic mass is 32.1. The van der Waals surface area contributed by atoms with E-state index in [9.17, 15) is 4.79 Å². The highest BCUT2D eigenvalue weighted by Crippen LogP contribution is 2.23. The van der Waals surface area contributed by atoms with E-state index in [2.05, 4.69) is 37.3 Å². The predicted molar refractivity (Wildman–Crippen MR) is 109 cm³/mol. The molecular weight excluding hydrogens is 374 g/mol. The maximum atomic E-state index is 12.6. The van der Waals surface area contributed by atoms with Crippen molar-refractivity contribution in [2.45, 2.75) is 26.4 Å². The fourth-order valence-electron chi connectivity index (χ4n) is 3.22. The van der Waals surface area contributed by atoms with Gasteiger partial charge >= 0.3 is 0 Å². The van der Waals surface area contributed by atoms with Gasteiger partial charge in [0, 0.05) is 30.7 Å². The number of carbonyl (C=O) groups is 1. The van der Waals surface area contributed by atoms with Crippen LogP contribution in [0.5, 0.6) is 0 Å². The number of thiophene rings is 1. The van der Waals surface area contributed by atoms with E-state index in [0.29, 0.717) is 25.6 Å². The number of aromatic nitrogens is 3. The topological polar surface area (TPSA) is 86.9 Å². The highest BCUT2D eigenvalue weighted by Gasteiger charge is 2.21. The van der Waals surface area contributed by atoms with Crippen LogP contribution in [0.4, 0.5) is 0 Å². The van der Waals surface area contributed by atoms with E-state index in [4.69, 9.17) is 0 Å². The molecule has 0 bridgehead atoms. The van der Waals surface area contributed by atoms with Crippen LogP contribution in [0.3, 0.4) is 0 Å². The van der Waals surface area contributed by atoms with Gasteiger partial charge in [-0.05, 0) is 42.5 Å². The van der Waals surface area contributed by atoms with Crippen LogP contribution < -0.4 is 10.6 Å². The number of fused-ring (bicyclic) bond motifs is 2. The summed E-state index contributed by atoms with van der Waals surface area (Å²) < 4.78 is 1.91. The second kappa shape index (κ2) is 8.39. The lowest BCUT2D eigenvalue weighted by atomic mass is 10.1. The fraction of sp³-hybridized carbons (Fsp3) is 0.368. The maximum absolute atomic E-state index is 12.6. The average molecular weight is 398 g/mol. The zero-order chi connectivity index (χ0) is 19.3. The SMILES string of the molecule is CCNC(=NCc1nnc2ccccn12)NCC(=O)N1CCc2sccc2C1. The zero-order valence-electron chi connectivity index (χ0n) is 15.8. The maximum Gasteiger partial charge on any atom is 0.242 e. The summed E-state index contributed by atoms with van der Waals surface area (Å²) in [6, 6.07) is 7.87. The van der Waals surface area contributed by atoms with Crippen LogP contribution in [0.2, 0.25) is 0 Å². The number of hydrogen-bond donors (Lipinski definition) is 2. The van der Waals surface area contributed by atoms with Crippen molar-refractivity contribution in [2.75, 3.05) is 19.6 Å². The van der Waals surface area contributed by atoms with Crippen molar-refractivity contribution < 1.29 is 4.79 Å². The molecule has 4 heterocycles. The zero-order valence-corrected chi connectivity index (χ0v) is 16.6. The molecule has 0 aliphatic carbocycles. The third-order valence-corrected chi connectivity index (χ3v) is 5.70. The molecule has 0 atom stereocenters. The van der Waals surface area contributed by atoms with Crippen molar-refractivity contribution >= 4 is 28.9 Å². The largest absolute Gasteiger partial charge is 0.357 e. The summed E-state index contributed by atoms with van der Waals surface area (Å²) in [6.45, 7) is 4.76. The van der Waals surface area contributed by atoms with Crippen molar-refractivity contribution in [3.63, 3.8) is 0 Å². The number of nitrogens with one attached hydrogen (secondary N) is 2. The monoisotopic (exact) mass is 397 g/mol. The van der Waals surface area contributed by atoms with E-state index in [0.717, 1.165) is 24.4 Å². The van der Waals surface area contributed by atoms with Gasteiger partial charge in [-0.25, -0.2) is 4.99 Å². The smallest absolute Gasteiger partial charge is 0.242 e. The van der Waals surface area contributed by atoms with Gasteiger partial charge in [0.15, 0.2) is 17.4 Å². The Labute approximate surface area is 167 Å². The van der Waals surface area contributed by atoms with Gasteiger partial charge in [-0.2, -0.15) is 0 Å². The number of amides is 1. The van der Waals surface area contributed by atoms with Crippen molar-refractivity contribution in [3.05, 3.63) is 52.1 Å². The molecule has 1 aliphatic rings. The molecule has 9 heteroatoms. The van der Waals surface area contributed by atoms with Gasteiger partial charge in [-0.1, -0.05) is 6.07 Å². The predicted octanol–water partition coefficient (Wildman–Crippen LogP) is 1.43. The summed E-state index contributed by atoms with van der Waals surface area (Å²) in [4.78, 5) is 20.5. The Morgan fingerprint density at radius 2 is 2.21 bits per heavy atom. The second-order valence-electron chi connectivity index (χ2n) is 6.53. The molecule has 1 amide bonds. The lowest BCUT2D eigenvalue weighted by Gasteiger charge is -2.27. The number of aliphatic imine (C=N–C) groups is 1. The van der Waals surface area contributed by atoms with Gasteiger partial charge in [0.1, 0.15) is 6.54 Å². The molecule has 0 unspecified atom stereocenters. The summed E-state index contributed by atoms with van der Waals surface area (Å²) in [7, 11) is 0. The average Bonchev–Trinajstić information content (AvgIpc) is 3.36. The molecule has 0 spiro atoms. The standard InChI is InChI=1S/C19H23N7OS/c1-2-20-19(21-11-17-24-23-16-5-3-4-8-26(16)17)22-12-18(27)25-9-6-15-14(13-25)7-10-28-15/h3-5,7-8,10H,2,6,9,11-13H2,1H3,(H2,20,21,22). The van der Waals surface area contributed by atoms with Gasteiger partial charge in [-0.15, -0.1) is 21.5 Å². The Bertz CT molecular complexity index is 993. The minimum atomic E-state index is 0.0791. The Kier molecular flexibility index (Phi) is 5.52. The molecule has 2 N–H and O–H groups in total. The van der Waals surface area contributed by atoms with Crippen LogP contribution in [0.1, 0.15) is 23.2 Å². The van der Waals surface area contributed by atoms with E-state index in [1.54, 1.807) is 11.3 Å². The molecule has 0 aromatic carbocycles. The minimum absolute atomic E-state index is 0.0791. The number of nitrogens with zero attached hydrogens (tertiary/aromatic N) is 5. The summed E-state index contributed by atoms with van der Waals surface area (Å²) in [5.74, 6) is 1.42. The minimum Gasteiger partial charge on any atom is -0.357 e. The van der Waals surface area contributed by atoms with Crippen LogP contribution in [0.15, 0.2) is 40.8 Å². The van der Waals surface area contributed by atoms with E-state index in [1.165, 1.54) is 10.4 Å². The van der Waals surface area contributed by atoms with E-state index < -0.39 is 0 Å². The molecule has 146 valence electrons. The number of rotatable bonds is 5. The lowest BCUT2D eigenvalue weighted by molar-refractivity contribution is -0.130. The first kappa shape index (κ1) is 18.4. The molecule has 4 rings (SSSR count). The molecule has 0 fully saturated rings. The van der Waals surface area contributed by atoms with Gasteiger partial charge in [0.25, 0.3) is 0 Å². The molecule has 3 aromatic heterocycles. The van der Waals surface area contributed by atoms with Crippen molar-refractivity contribution in [1.82, 2.24) is 30.1 Å². The number of pyridine rings is 1. The summed E-state index contributed by atoms with van der Waals surface area (Å²) in [6.07, 6.45) is 2.85. The third-order valence-electron chi connectivity index (χ3n) is 4.67. The molecule has 0 radical (unpaired) electrons. The van der Waals surface area contributed by atoms with Crippen LogP contribution in [-0.2, 0) is 24.3 Å². The van der Waals surface area contributed by atoms with Gasteiger partial charge in [0.2, 0.25) is 5.91 Å². The Hall–Kier alpha value is -2.94. The third kappa shape index (κ3) is 3.99. The number of guanidine groups is 1. The van der Waals surface area contributed by atoms with Gasteiger partial charge in [-0.3, -0.25) is 9.20 Å². The van der Waals surface area contributed by atoms with Crippen LogP contribution >= 0.6 is 11.3 Å². The van der Waals surface area contributed by atoms with E-state index in [-0.39, 0.29) is 12.5 Å². The van der Waals surface area contributed by atoms with Crippen LogP contribution in [0.25, 0.3) is 5.65 Å². The first-order chi connectivity index (χ1) is 13.7. The Morgan fingerprint density at radius 3 is 3.11 bits per heavy atom. The van der Waals surface area contributed by atoms with Crippen LogP contribution in [0, 0.1) is 0 Å². The van der Waals surface area contributed by atoms with Crippen molar-refractivity contribution in [2.24, 2.45) is 4.99 Å². The van der Waals surface area contributed by atoms with Gasteiger partial charge in [0.05, 0.1) is 6.54 Å². The quantitative estimate of drug-likeness (QED) is 0.502. The number of carbonyl (C=O) groups excluding carboxylic acids is 1. The molecule has 8 nitrogen and oxygen atoms in total. The van der Waals surface area contributed by atoms with E-state index in [1.807, 2.05) is 40.6 Å². The van der Waals surface area contributed by atoms with Crippen LogP contribution in [-0.4, -0.2) is 51.0 Å². The Morgan fingerprint density at radius 1 is 1.29 bits per heavy atom. The molecular formula is C19H23N7OS. The van der Waals surface area contributed by atoms with Crippen molar-refractivity contribution in [1.29, 1.82) is 0 Å². The lowest BCUT2D eigenvalue weighted by Crippen LogP contribution is -2.45. The molecule has 28 heavy (non-hydrogen) atoms. The first-order valence-corrected chi connectivity index (χ1v) is 10.3. The summed E-state index contributed by atoms with van der Waals surface area (Å²) in [5.41, 5.74) is 2.06. The van der Waals surface area contributed by atoms with Crippen molar-refractivity contribution in [3.8, 4) is 0 Å². The molecule has 3 aromatic rings. The summed E-state index contributed by atoms with van der Waals surface area (Å²) in [5, 5.41) is 16.7. The number of hydrogen-bond acceptors (Lipinski definition) is 5. The molecule has 0 saturated heterocycles. The Balaban J connectivity index is 1.37. The highest BCUT2D eigenvalue weighted by molar-refractivity contribution is 7.10. The molecule has 1 aliphatic heterocycles. The normalized spacial score (nSPS) is 14.2. The second-order valence-corrected chi connectivity index (χ2v) is 7.53. The van der Waals surface area contributed by atoms with E-state index >= 15 is 0 Å².